The van der Waals surface area contributed by atoms with Crippen LogP contribution in [0.5, 0.6) is 0 Å². The number of hydrogen-bond donors (Lipinski definition) is 1. The van der Waals surface area contributed by atoms with Crippen LogP contribution in [0.3, 0.4) is 0 Å². The largest absolute Gasteiger partial charge is 0.367 e. The first-order valence-corrected chi connectivity index (χ1v) is 5.06. The fourth-order valence-electron chi connectivity index (χ4n) is 1.09. The molecule has 0 aromatic carbocycles. The van der Waals surface area contributed by atoms with Gasteiger partial charge in [-0.15, -0.1) is 11.3 Å². The lowest BCUT2D eigenvalue weighted by molar-refractivity contribution is 0.594. The summed E-state index contributed by atoms with van der Waals surface area (Å²) >= 11 is 1.64. The van der Waals surface area contributed by atoms with Gasteiger partial charge in [0, 0.05) is 17.5 Å². The van der Waals surface area contributed by atoms with Gasteiger partial charge in [-0.25, -0.2) is 9.67 Å². The van der Waals surface area contributed by atoms with Crippen LogP contribution in [0.25, 0.3) is 0 Å². The van der Waals surface area contributed by atoms with Crippen LogP contribution in [0.4, 0.5) is 5.95 Å². The van der Waals surface area contributed by atoms with Gasteiger partial charge in [-0.1, -0.05) is 5.10 Å². The number of nitrogens with two attached hydrogens (primary N) is 1. The first kappa shape index (κ1) is 9.07. The number of rotatable bonds is 3. The molecule has 0 spiro atoms. The summed E-state index contributed by atoms with van der Waals surface area (Å²) in [5, 5.41) is 13.9. The van der Waals surface area contributed by atoms with Crippen LogP contribution in [0.2, 0.25) is 0 Å². The molecule has 0 aliphatic carbocycles. The van der Waals surface area contributed by atoms with Crippen LogP contribution < -0.4 is 5.73 Å². The fraction of sp³-hybridized carbons (Fsp3) is 0.429. The van der Waals surface area contributed by atoms with Gasteiger partial charge in [0.2, 0.25) is 5.95 Å². The van der Waals surface area contributed by atoms with Crippen molar-refractivity contribution < 1.29 is 0 Å². The summed E-state index contributed by atoms with van der Waals surface area (Å²) in [5.74, 6) is 0.346. The number of nitrogen functional groups attached to an aromatic ring is 1. The molecule has 0 saturated carbocycles. The Morgan fingerprint density at radius 1 is 1.57 bits per heavy atom. The Kier molecular flexibility index (Phi) is 2.40. The van der Waals surface area contributed by atoms with E-state index in [2.05, 4.69) is 20.5 Å². The van der Waals surface area contributed by atoms with E-state index in [4.69, 9.17) is 5.73 Å². The van der Waals surface area contributed by atoms with E-state index in [1.165, 1.54) is 0 Å². The van der Waals surface area contributed by atoms with E-state index in [-0.39, 0.29) is 0 Å². The first-order valence-electron chi connectivity index (χ1n) is 4.18. The molecule has 14 heavy (non-hydrogen) atoms. The van der Waals surface area contributed by atoms with Crippen LogP contribution in [-0.4, -0.2) is 25.2 Å². The van der Waals surface area contributed by atoms with Crippen LogP contribution in [0.15, 0.2) is 5.38 Å². The molecule has 2 rings (SSSR count). The van der Waals surface area contributed by atoms with Crippen LogP contribution in [0, 0.1) is 6.92 Å². The van der Waals surface area contributed by atoms with E-state index in [1.54, 1.807) is 16.0 Å². The number of anilines is 1. The van der Waals surface area contributed by atoms with Gasteiger partial charge in [0.25, 0.3) is 0 Å². The predicted molar refractivity (Wildman–Crippen MR) is 52.8 cm³/mol. The zero-order valence-electron chi connectivity index (χ0n) is 7.71. The lowest BCUT2D eigenvalue weighted by Gasteiger charge is -1.97. The molecule has 0 fully saturated rings. The second-order valence-corrected chi connectivity index (χ2v) is 3.84. The smallest absolute Gasteiger partial charge is 0.240 e. The molecule has 2 heterocycles. The summed E-state index contributed by atoms with van der Waals surface area (Å²) in [5.41, 5.74) is 6.57. The van der Waals surface area contributed by atoms with Gasteiger partial charge >= 0.3 is 0 Å². The van der Waals surface area contributed by atoms with E-state index in [9.17, 15) is 0 Å². The third kappa shape index (κ3) is 1.87. The summed E-state index contributed by atoms with van der Waals surface area (Å²) in [6.07, 6.45) is 0.813. The summed E-state index contributed by atoms with van der Waals surface area (Å²) < 4.78 is 1.57. The van der Waals surface area contributed by atoms with E-state index < -0.39 is 0 Å². The van der Waals surface area contributed by atoms with Crippen LogP contribution >= 0.6 is 11.3 Å². The Morgan fingerprint density at radius 3 is 3.00 bits per heavy atom. The topological polar surface area (TPSA) is 82.5 Å². The molecular formula is C7H10N6S. The number of hydrogen-bond acceptors (Lipinski definition) is 6. The predicted octanol–water partition coefficient (Wildman–Crippen LogP) is 0.263. The van der Waals surface area contributed by atoms with Gasteiger partial charge < -0.3 is 5.73 Å². The van der Waals surface area contributed by atoms with Crippen molar-refractivity contribution in [3.05, 3.63) is 16.1 Å². The van der Waals surface area contributed by atoms with Crippen molar-refractivity contribution in [2.75, 3.05) is 5.73 Å². The quantitative estimate of drug-likeness (QED) is 0.785. The number of aromatic nitrogens is 5. The molecule has 0 aliphatic rings. The Morgan fingerprint density at radius 2 is 2.43 bits per heavy atom. The highest BCUT2D eigenvalue weighted by molar-refractivity contribution is 7.09. The van der Waals surface area contributed by atoms with Crippen molar-refractivity contribution >= 4 is 17.3 Å². The molecule has 0 saturated heterocycles. The van der Waals surface area contributed by atoms with Crippen LogP contribution in [0.1, 0.15) is 10.7 Å². The van der Waals surface area contributed by atoms with Crippen molar-refractivity contribution in [2.24, 2.45) is 0 Å². The van der Waals surface area contributed by atoms with Gasteiger partial charge in [0.1, 0.15) is 0 Å². The van der Waals surface area contributed by atoms with Gasteiger partial charge in [-0.3, -0.25) is 0 Å². The standard InChI is InChI=1S/C7H10N6S/c1-5-4-14-6(9-5)2-3-13-7(8)10-11-12-13/h4H,2-3H2,1H3,(H2,8,10,12). The molecule has 7 heteroatoms. The lowest BCUT2D eigenvalue weighted by atomic mass is 10.4. The van der Waals surface area contributed by atoms with Crippen molar-refractivity contribution in [2.45, 2.75) is 19.9 Å². The molecule has 2 aromatic heterocycles. The molecule has 6 nitrogen and oxygen atoms in total. The zero-order chi connectivity index (χ0) is 9.97. The van der Waals surface area contributed by atoms with Crippen molar-refractivity contribution in [3.63, 3.8) is 0 Å². The van der Waals surface area contributed by atoms with Gasteiger partial charge in [-0.05, 0) is 17.4 Å². The second-order valence-electron chi connectivity index (χ2n) is 2.89. The Labute approximate surface area is 84.8 Å². The number of nitrogens with zero attached hydrogens (tertiary/aromatic N) is 5. The molecule has 0 unspecified atom stereocenters. The molecular weight excluding hydrogens is 200 g/mol. The third-order valence-corrected chi connectivity index (χ3v) is 2.79. The molecule has 0 aliphatic heterocycles. The molecule has 0 bridgehead atoms. The molecule has 2 N–H and O–H groups in total. The molecule has 2 aromatic rings. The molecule has 74 valence electrons. The summed E-state index contributed by atoms with van der Waals surface area (Å²) in [6.45, 7) is 2.65. The Bertz CT molecular complexity index is 419. The van der Waals surface area contributed by atoms with E-state index >= 15 is 0 Å². The maximum absolute atomic E-state index is 5.52. The minimum atomic E-state index is 0.346. The highest BCUT2D eigenvalue weighted by Crippen LogP contribution is 2.10. The lowest BCUT2D eigenvalue weighted by Crippen LogP contribution is -2.07. The van der Waals surface area contributed by atoms with Gasteiger partial charge in [0.05, 0.1) is 11.6 Å². The van der Waals surface area contributed by atoms with Crippen molar-refractivity contribution in [1.82, 2.24) is 25.2 Å². The highest BCUT2D eigenvalue weighted by Gasteiger charge is 2.03. The van der Waals surface area contributed by atoms with Crippen molar-refractivity contribution in [3.8, 4) is 0 Å². The summed E-state index contributed by atoms with van der Waals surface area (Å²) in [6, 6.07) is 0. The third-order valence-electron chi connectivity index (χ3n) is 1.76. The molecule has 0 atom stereocenters. The highest BCUT2D eigenvalue weighted by atomic mass is 32.1. The first-order chi connectivity index (χ1) is 6.75. The summed E-state index contributed by atoms with van der Waals surface area (Å²) in [4.78, 5) is 4.34. The number of tetrazole rings is 1. The normalized spacial score (nSPS) is 10.6. The zero-order valence-corrected chi connectivity index (χ0v) is 8.53. The van der Waals surface area contributed by atoms with E-state index in [0.29, 0.717) is 12.5 Å². The molecule has 0 radical (unpaired) electrons. The number of thiazole rings is 1. The van der Waals surface area contributed by atoms with Gasteiger partial charge in [-0.2, -0.15) is 0 Å². The van der Waals surface area contributed by atoms with Crippen LogP contribution in [-0.2, 0) is 13.0 Å². The van der Waals surface area contributed by atoms with Crippen molar-refractivity contribution in [1.29, 1.82) is 0 Å². The maximum atomic E-state index is 5.52. The average molecular weight is 210 g/mol. The molecule has 0 amide bonds. The number of aryl methyl sites for hydroxylation is 3. The van der Waals surface area contributed by atoms with Gasteiger partial charge in [0.15, 0.2) is 0 Å². The minimum absolute atomic E-state index is 0.346. The summed E-state index contributed by atoms with van der Waals surface area (Å²) in [7, 11) is 0. The maximum Gasteiger partial charge on any atom is 0.240 e. The Balaban J connectivity index is 1.98. The second kappa shape index (κ2) is 3.70. The Hall–Kier alpha value is -1.50. The fourth-order valence-corrected chi connectivity index (χ4v) is 1.86. The SMILES string of the molecule is Cc1csc(CCn2nnnc2N)n1. The monoisotopic (exact) mass is 210 g/mol. The minimum Gasteiger partial charge on any atom is -0.367 e. The van der Waals surface area contributed by atoms with E-state index in [1.807, 2.05) is 12.3 Å². The van der Waals surface area contributed by atoms with E-state index in [0.717, 1.165) is 17.1 Å². The average Bonchev–Trinajstić information content (AvgIpc) is 2.72.